The number of primary amides is 1. The maximum atomic E-state index is 11.6. The molecule has 0 saturated carbocycles. The SMILES string of the molecule is C[C@H]1C[C@H](c2nc3cc([C@H]4CC[C@H](C)CN4CC(N)=O)ccc3s2)CN(C)C1. The summed E-state index contributed by atoms with van der Waals surface area (Å²) in [6, 6.07) is 6.97. The van der Waals surface area contributed by atoms with E-state index in [0.29, 0.717) is 18.4 Å². The molecule has 0 spiro atoms. The molecule has 0 unspecified atom stereocenters. The van der Waals surface area contributed by atoms with E-state index < -0.39 is 0 Å². The largest absolute Gasteiger partial charge is 0.369 e. The molecular formula is C22H32N4OS. The Morgan fingerprint density at radius 2 is 2.04 bits per heavy atom. The Hall–Kier alpha value is -1.50. The van der Waals surface area contributed by atoms with Crippen LogP contribution >= 0.6 is 11.3 Å². The van der Waals surface area contributed by atoms with E-state index in [-0.39, 0.29) is 11.9 Å². The number of nitrogens with zero attached hydrogens (tertiary/aromatic N) is 3. The number of rotatable bonds is 4. The van der Waals surface area contributed by atoms with Gasteiger partial charge in [-0.3, -0.25) is 9.69 Å². The van der Waals surface area contributed by atoms with Gasteiger partial charge in [0.05, 0.1) is 21.8 Å². The number of likely N-dealkylation sites (N-methyl/N-ethyl adjacent to an activating group) is 1. The highest BCUT2D eigenvalue weighted by Gasteiger charge is 2.29. The molecule has 28 heavy (non-hydrogen) atoms. The normalized spacial score (nSPS) is 30.0. The number of fused-ring (bicyclic) bond motifs is 1. The number of carbonyl (C=O) groups is 1. The Morgan fingerprint density at radius 1 is 1.21 bits per heavy atom. The summed E-state index contributed by atoms with van der Waals surface area (Å²) < 4.78 is 1.27. The molecule has 2 N–H and O–H groups in total. The van der Waals surface area contributed by atoms with Crippen LogP contribution in [0.4, 0.5) is 0 Å². The number of benzene rings is 1. The molecule has 0 radical (unpaired) electrons. The summed E-state index contributed by atoms with van der Waals surface area (Å²) in [5.41, 5.74) is 7.89. The van der Waals surface area contributed by atoms with E-state index in [9.17, 15) is 4.79 Å². The number of nitrogens with two attached hydrogens (primary N) is 1. The predicted octanol–water partition coefficient (Wildman–Crippen LogP) is 3.61. The van der Waals surface area contributed by atoms with E-state index in [0.717, 1.165) is 30.9 Å². The molecule has 3 heterocycles. The lowest BCUT2D eigenvalue weighted by Gasteiger charge is -2.38. The lowest BCUT2D eigenvalue weighted by atomic mass is 9.90. The zero-order chi connectivity index (χ0) is 19.8. The average Bonchev–Trinajstić information content (AvgIpc) is 3.04. The first-order chi connectivity index (χ1) is 13.4. The highest BCUT2D eigenvalue weighted by atomic mass is 32.1. The highest BCUT2D eigenvalue weighted by Crippen LogP contribution is 2.38. The lowest BCUT2D eigenvalue weighted by Crippen LogP contribution is -2.42. The van der Waals surface area contributed by atoms with E-state index in [1.807, 2.05) is 11.3 Å². The number of piperidine rings is 2. The minimum absolute atomic E-state index is 0.244. The van der Waals surface area contributed by atoms with Gasteiger partial charge in [0.15, 0.2) is 0 Å². The quantitative estimate of drug-likeness (QED) is 0.852. The number of hydrogen-bond donors (Lipinski definition) is 1. The van der Waals surface area contributed by atoms with Crippen molar-refractivity contribution in [2.75, 3.05) is 33.2 Å². The highest BCUT2D eigenvalue weighted by molar-refractivity contribution is 7.18. The molecule has 1 aromatic carbocycles. The zero-order valence-electron chi connectivity index (χ0n) is 17.2. The van der Waals surface area contributed by atoms with Crippen LogP contribution in [0.2, 0.25) is 0 Å². The topological polar surface area (TPSA) is 62.5 Å². The van der Waals surface area contributed by atoms with E-state index in [2.05, 4.69) is 48.9 Å². The van der Waals surface area contributed by atoms with Gasteiger partial charge in [-0.1, -0.05) is 19.9 Å². The number of carbonyl (C=O) groups excluding carboxylic acids is 1. The van der Waals surface area contributed by atoms with Crippen LogP contribution < -0.4 is 5.73 Å². The van der Waals surface area contributed by atoms with Gasteiger partial charge in [-0.2, -0.15) is 0 Å². The first-order valence-corrected chi connectivity index (χ1v) is 11.3. The molecule has 2 aliphatic rings. The summed E-state index contributed by atoms with van der Waals surface area (Å²) in [6.45, 7) is 8.14. The van der Waals surface area contributed by atoms with Gasteiger partial charge < -0.3 is 10.6 Å². The van der Waals surface area contributed by atoms with Crippen LogP contribution in [-0.2, 0) is 4.79 Å². The van der Waals surface area contributed by atoms with Crippen molar-refractivity contribution in [1.82, 2.24) is 14.8 Å². The van der Waals surface area contributed by atoms with Crippen molar-refractivity contribution < 1.29 is 4.79 Å². The van der Waals surface area contributed by atoms with Crippen molar-refractivity contribution >= 4 is 27.5 Å². The third kappa shape index (κ3) is 4.24. The second kappa shape index (κ2) is 8.09. The first-order valence-electron chi connectivity index (χ1n) is 10.5. The number of aromatic nitrogens is 1. The summed E-state index contributed by atoms with van der Waals surface area (Å²) in [6.07, 6.45) is 3.48. The molecule has 2 aromatic rings. The van der Waals surface area contributed by atoms with E-state index in [1.165, 1.54) is 34.7 Å². The Kier molecular flexibility index (Phi) is 5.72. The maximum Gasteiger partial charge on any atom is 0.231 e. The van der Waals surface area contributed by atoms with E-state index >= 15 is 0 Å². The Bertz CT molecular complexity index is 840. The number of hydrogen-bond acceptors (Lipinski definition) is 5. The molecule has 4 rings (SSSR count). The van der Waals surface area contributed by atoms with Crippen LogP contribution in [0.5, 0.6) is 0 Å². The van der Waals surface area contributed by atoms with Gasteiger partial charge in [-0.15, -0.1) is 11.3 Å². The second-order valence-corrected chi connectivity index (χ2v) is 10.2. The van der Waals surface area contributed by atoms with E-state index in [1.54, 1.807) is 0 Å². The molecule has 152 valence electrons. The van der Waals surface area contributed by atoms with Crippen molar-refractivity contribution in [1.29, 1.82) is 0 Å². The van der Waals surface area contributed by atoms with Crippen LogP contribution in [0, 0.1) is 11.8 Å². The molecule has 1 aromatic heterocycles. The van der Waals surface area contributed by atoms with Gasteiger partial charge in [0.1, 0.15) is 0 Å². The molecule has 1 amide bonds. The van der Waals surface area contributed by atoms with Crippen molar-refractivity contribution in [3.05, 3.63) is 28.8 Å². The van der Waals surface area contributed by atoms with Gasteiger partial charge in [0.2, 0.25) is 5.91 Å². The fraction of sp³-hybridized carbons (Fsp3) is 0.636. The molecule has 4 atom stereocenters. The van der Waals surface area contributed by atoms with Crippen molar-refractivity contribution in [3.63, 3.8) is 0 Å². The third-order valence-electron chi connectivity index (χ3n) is 6.28. The fourth-order valence-electron chi connectivity index (χ4n) is 5.14. The van der Waals surface area contributed by atoms with Crippen LogP contribution in [-0.4, -0.2) is 53.9 Å². The van der Waals surface area contributed by atoms with Crippen LogP contribution in [0.15, 0.2) is 18.2 Å². The lowest BCUT2D eigenvalue weighted by molar-refractivity contribution is -0.120. The standard InChI is InChI=1S/C22H32N4OS/c1-14-4-6-19(26(11-14)13-21(23)27)16-5-7-20-18(9-16)24-22(28-20)17-8-15(2)10-25(3)12-17/h5,7,9,14-15,17,19H,4,6,8,10-13H2,1-3H3,(H2,23,27)/t14-,15-,17-,19+/m0/s1. The summed E-state index contributed by atoms with van der Waals surface area (Å²) in [4.78, 5) is 21.3. The minimum Gasteiger partial charge on any atom is -0.369 e. The van der Waals surface area contributed by atoms with Crippen LogP contribution in [0.3, 0.4) is 0 Å². The number of likely N-dealkylation sites (tertiary alicyclic amines) is 2. The molecule has 2 saturated heterocycles. The first kappa shape index (κ1) is 19.8. The molecule has 6 heteroatoms. The van der Waals surface area contributed by atoms with Gasteiger partial charge in [0, 0.05) is 31.6 Å². The maximum absolute atomic E-state index is 11.6. The summed E-state index contributed by atoms with van der Waals surface area (Å²) >= 11 is 1.85. The van der Waals surface area contributed by atoms with Crippen LogP contribution in [0.25, 0.3) is 10.2 Å². The van der Waals surface area contributed by atoms with Crippen molar-refractivity contribution in [2.45, 2.75) is 45.1 Å². The average molecular weight is 401 g/mol. The minimum atomic E-state index is -0.244. The van der Waals surface area contributed by atoms with Crippen molar-refractivity contribution in [2.24, 2.45) is 17.6 Å². The Morgan fingerprint density at radius 3 is 2.79 bits per heavy atom. The molecule has 5 nitrogen and oxygen atoms in total. The number of thiazole rings is 1. The third-order valence-corrected chi connectivity index (χ3v) is 7.48. The number of amides is 1. The summed E-state index contributed by atoms with van der Waals surface area (Å²) in [5.74, 6) is 1.62. The molecule has 0 aliphatic carbocycles. The fourth-order valence-corrected chi connectivity index (χ4v) is 6.19. The van der Waals surface area contributed by atoms with Gasteiger partial charge in [-0.25, -0.2) is 4.98 Å². The van der Waals surface area contributed by atoms with Gasteiger partial charge >= 0.3 is 0 Å². The smallest absolute Gasteiger partial charge is 0.231 e. The summed E-state index contributed by atoms with van der Waals surface area (Å²) in [7, 11) is 2.21. The van der Waals surface area contributed by atoms with Gasteiger partial charge in [0.25, 0.3) is 0 Å². The second-order valence-electron chi connectivity index (χ2n) is 9.13. The van der Waals surface area contributed by atoms with Crippen LogP contribution in [0.1, 0.15) is 55.6 Å². The Balaban J connectivity index is 1.59. The molecule has 2 fully saturated rings. The summed E-state index contributed by atoms with van der Waals surface area (Å²) in [5, 5.41) is 1.27. The molecule has 0 bridgehead atoms. The monoisotopic (exact) mass is 400 g/mol. The van der Waals surface area contributed by atoms with Crippen molar-refractivity contribution in [3.8, 4) is 0 Å². The predicted molar refractivity (Wildman–Crippen MR) is 116 cm³/mol. The van der Waals surface area contributed by atoms with Gasteiger partial charge in [-0.05, 0) is 55.8 Å². The molecular weight excluding hydrogens is 368 g/mol. The zero-order valence-corrected chi connectivity index (χ0v) is 18.0. The molecule has 2 aliphatic heterocycles. The Labute approximate surface area is 171 Å². The van der Waals surface area contributed by atoms with E-state index in [4.69, 9.17) is 10.7 Å².